The Hall–Kier alpha value is -0.0300. The first-order valence-corrected chi connectivity index (χ1v) is 7.14. The Bertz CT molecular complexity index is 269. The van der Waals surface area contributed by atoms with E-state index in [0.717, 1.165) is 24.2 Å². The van der Waals surface area contributed by atoms with Crippen molar-refractivity contribution < 1.29 is 0 Å². The molecular weight excluding hydrogens is 250 g/mol. The van der Waals surface area contributed by atoms with Gasteiger partial charge in [-0.3, -0.25) is 0 Å². The summed E-state index contributed by atoms with van der Waals surface area (Å²) < 4.78 is 0. The molecule has 4 rings (SSSR count). The van der Waals surface area contributed by atoms with Crippen molar-refractivity contribution in [2.45, 2.75) is 49.8 Å². The van der Waals surface area contributed by atoms with Gasteiger partial charge in [0.05, 0.1) is 6.07 Å². The van der Waals surface area contributed by atoms with Crippen molar-refractivity contribution in [2.75, 3.05) is 0 Å². The Morgan fingerprint density at radius 2 is 1.60 bits per heavy atom. The molecule has 4 aliphatic rings. The van der Waals surface area contributed by atoms with Crippen LogP contribution in [-0.4, -0.2) is 4.83 Å². The van der Waals surface area contributed by atoms with Crippen molar-refractivity contribution in [1.29, 1.82) is 5.26 Å². The van der Waals surface area contributed by atoms with Gasteiger partial charge in [0, 0.05) is 0 Å². The van der Waals surface area contributed by atoms with Gasteiger partial charge in [0.1, 0.15) is 4.83 Å². The predicted octanol–water partition coefficient (Wildman–Crippen LogP) is 3.88. The minimum Gasteiger partial charge on any atom is -0.197 e. The van der Waals surface area contributed by atoms with Gasteiger partial charge in [-0.1, -0.05) is 15.9 Å². The standard InChI is InChI=1S/C13H18BrN/c14-12(8-15)7-13-4-9-1-10(5-13)3-11(2-9)6-13/h9-12H,1-7H2. The number of hydrogen-bond acceptors (Lipinski definition) is 1. The predicted molar refractivity (Wildman–Crippen MR) is 63.6 cm³/mol. The van der Waals surface area contributed by atoms with Gasteiger partial charge >= 0.3 is 0 Å². The highest BCUT2D eigenvalue weighted by Gasteiger charge is 2.51. The first-order chi connectivity index (χ1) is 7.19. The molecule has 0 aliphatic heterocycles. The second-order valence-electron chi connectivity index (χ2n) is 6.22. The zero-order valence-corrected chi connectivity index (χ0v) is 10.7. The SMILES string of the molecule is N#CC(Br)CC12CC3CC(CC(C3)C1)C2. The summed E-state index contributed by atoms with van der Waals surface area (Å²) in [5.74, 6) is 3.03. The van der Waals surface area contributed by atoms with E-state index in [-0.39, 0.29) is 4.83 Å². The summed E-state index contributed by atoms with van der Waals surface area (Å²) in [6.07, 6.45) is 9.86. The lowest BCUT2D eigenvalue weighted by Crippen LogP contribution is -2.46. The lowest BCUT2D eigenvalue weighted by Gasteiger charge is -2.57. The highest BCUT2D eigenvalue weighted by Crippen LogP contribution is 2.61. The van der Waals surface area contributed by atoms with Gasteiger partial charge in [0.25, 0.3) is 0 Å². The van der Waals surface area contributed by atoms with E-state index in [0.29, 0.717) is 5.41 Å². The van der Waals surface area contributed by atoms with Gasteiger partial charge in [-0.05, 0) is 68.1 Å². The van der Waals surface area contributed by atoms with Gasteiger partial charge in [0.15, 0.2) is 0 Å². The fourth-order valence-electron chi connectivity index (χ4n) is 4.97. The van der Waals surface area contributed by atoms with Crippen molar-refractivity contribution in [1.82, 2.24) is 0 Å². The molecule has 0 aromatic rings. The summed E-state index contributed by atoms with van der Waals surface area (Å²) in [7, 11) is 0. The molecule has 4 saturated carbocycles. The lowest BCUT2D eigenvalue weighted by atomic mass is 9.48. The zero-order chi connectivity index (χ0) is 10.5. The molecule has 4 fully saturated rings. The quantitative estimate of drug-likeness (QED) is 0.697. The van der Waals surface area contributed by atoms with Gasteiger partial charge in [-0.2, -0.15) is 5.26 Å². The van der Waals surface area contributed by atoms with Crippen LogP contribution in [0.3, 0.4) is 0 Å². The first kappa shape index (κ1) is 10.1. The molecule has 0 heterocycles. The number of rotatable bonds is 2. The van der Waals surface area contributed by atoms with Crippen LogP contribution in [0.5, 0.6) is 0 Å². The van der Waals surface area contributed by atoms with Crippen LogP contribution in [-0.2, 0) is 0 Å². The van der Waals surface area contributed by atoms with Crippen LogP contribution in [0.25, 0.3) is 0 Å². The van der Waals surface area contributed by atoms with Crippen molar-refractivity contribution in [3.63, 3.8) is 0 Å². The Morgan fingerprint density at radius 3 is 2.00 bits per heavy atom. The van der Waals surface area contributed by atoms with E-state index in [1.807, 2.05) is 0 Å². The number of nitriles is 1. The minimum absolute atomic E-state index is 0.0914. The normalized spacial score (nSPS) is 48.9. The van der Waals surface area contributed by atoms with Crippen LogP contribution in [0.4, 0.5) is 0 Å². The van der Waals surface area contributed by atoms with Crippen LogP contribution in [0.1, 0.15) is 44.9 Å². The van der Waals surface area contributed by atoms with Gasteiger partial charge in [-0.15, -0.1) is 0 Å². The summed E-state index contributed by atoms with van der Waals surface area (Å²) in [5.41, 5.74) is 0.554. The molecule has 82 valence electrons. The largest absolute Gasteiger partial charge is 0.197 e. The summed E-state index contributed by atoms with van der Waals surface area (Å²) >= 11 is 3.51. The highest BCUT2D eigenvalue weighted by molar-refractivity contribution is 9.09. The molecule has 15 heavy (non-hydrogen) atoms. The highest BCUT2D eigenvalue weighted by atomic mass is 79.9. The van der Waals surface area contributed by atoms with Gasteiger partial charge in [-0.25, -0.2) is 0 Å². The van der Waals surface area contributed by atoms with Gasteiger partial charge in [0.2, 0.25) is 0 Å². The van der Waals surface area contributed by atoms with E-state index in [2.05, 4.69) is 22.0 Å². The molecule has 0 saturated heterocycles. The molecule has 4 bridgehead atoms. The lowest BCUT2D eigenvalue weighted by molar-refractivity contribution is -0.0555. The topological polar surface area (TPSA) is 23.8 Å². The van der Waals surface area contributed by atoms with Crippen LogP contribution in [0.15, 0.2) is 0 Å². The van der Waals surface area contributed by atoms with E-state index >= 15 is 0 Å². The summed E-state index contributed by atoms with van der Waals surface area (Å²) in [4.78, 5) is 0.0914. The second kappa shape index (κ2) is 3.48. The number of hydrogen-bond donors (Lipinski definition) is 0. The van der Waals surface area contributed by atoms with Gasteiger partial charge < -0.3 is 0 Å². The molecule has 1 unspecified atom stereocenters. The molecule has 0 aromatic carbocycles. The number of nitrogens with zero attached hydrogens (tertiary/aromatic N) is 1. The van der Waals surface area contributed by atoms with Crippen molar-refractivity contribution in [2.24, 2.45) is 23.2 Å². The third-order valence-corrected chi connectivity index (χ3v) is 5.45. The second-order valence-corrected chi connectivity index (χ2v) is 7.32. The third kappa shape index (κ3) is 1.73. The summed E-state index contributed by atoms with van der Waals surface area (Å²) in [6, 6.07) is 2.36. The smallest absolute Gasteiger partial charge is 0.102 e. The average molecular weight is 268 g/mol. The molecular formula is C13H18BrN. The summed E-state index contributed by atoms with van der Waals surface area (Å²) in [6.45, 7) is 0. The zero-order valence-electron chi connectivity index (χ0n) is 9.08. The van der Waals surface area contributed by atoms with Crippen LogP contribution in [0, 0.1) is 34.5 Å². The summed E-state index contributed by atoms with van der Waals surface area (Å²) in [5, 5.41) is 8.94. The Kier molecular flexibility index (Phi) is 2.36. The van der Waals surface area contributed by atoms with E-state index in [1.165, 1.54) is 38.5 Å². The monoisotopic (exact) mass is 267 g/mol. The molecule has 0 amide bonds. The molecule has 2 heteroatoms. The fraction of sp³-hybridized carbons (Fsp3) is 0.923. The molecule has 0 spiro atoms. The number of alkyl halides is 1. The molecule has 4 aliphatic carbocycles. The van der Waals surface area contributed by atoms with Crippen LogP contribution in [0.2, 0.25) is 0 Å². The Labute approximate surface area is 100 Å². The molecule has 1 atom stereocenters. The maximum Gasteiger partial charge on any atom is 0.102 e. The van der Waals surface area contributed by atoms with E-state index in [1.54, 1.807) is 0 Å². The maximum atomic E-state index is 8.94. The molecule has 1 nitrogen and oxygen atoms in total. The van der Waals surface area contributed by atoms with Crippen LogP contribution >= 0.6 is 15.9 Å². The Balaban J connectivity index is 1.78. The van der Waals surface area contributed by atoms with Crippen molar-refractivity contribution >= 4 is 15.9 Å². The van der Waals surface area contributed by atoms with Crippen molar-refractivity contribution in [3.8, 4) is 6.07 Å². The first-order valence-electron chi connectivity index (χ1n) is 6.23. The number of halogens is 1. The van der Waals surface area contributed by atoms with Crippen LogP contribution < -0.4 is 0 Å². The average Bonchev–Trinajstić information content (AvgIpc) is 2.14. The maximum absolute atomic E-state index is 8.94. The Morgan fingerprint density at radius 1 is 1.13 bits per heavy atom. The minimum atomic E-state index is 0.0914. The third-order valence-electron chi connectivity index (χ3n) is 4.92. The van der Waals surface area contributed by atoms with E-state index in [9.17, 15) is 0 Å². The molecule has 0 N–H and O–H groups in total. The molecule has 0 radical (unpaired) electrons. The van der Waals surface area contributed by atoms with E-state index < -0.39 is 0 Å². The van der Waals surface area contributed by atoms with Crippen molar-refractivity contribution in [3.05, 3.63) is 0 Å². The van der Waals surface area contributed by atoms with E-state index in [4.69, 9.17) is 5.26 Å². The fourth-order valence-corrected chi connectivity index (χ4v) is 5.65. The molecule has 0 aromatic heterocycles.